The number of nitrogens with one attached hydrogen (secondary N) is 1. The molecule has 0 atom stereocenters. The zero-order valence-electron chi connectivity index (χ0n) is 13.2. The van der Waals surface area contributed by atoms with E-state index in [0.717, 1.165) is 11.4 Å². The van der Waals surface area contributed by atoms with Gasteiger partial charge in [-0.25, -0.2) is 13.6 Å². The number of nitrogens with two attached hydrogens (primary N) is 2. The fourth-order valence-corrected chi connectivity index (χ4v) is 2.73. The highest BCUT2D eigenvalue weighted by molar-refractivity contribution is 7.89. The predicted octanol–water partition coefficient (Wildman–Crippen LogP) is 3.45. The molecule has 0 aliphatic rings. The van der Waals surface area contributed by atoms with Crippen LogP contribution in [0.25, 0.3) is 0 Å². The van der Waals surface area contributed by atoms with Crippen molar-refractivity contribution in [1.82, 2.24) is 0 Å². The molecule has 0 spiro atoms. The molecule has 0 saturated heterocycles. The summed E-state index contributed by atoms with van der Waals surface area (Å²) in [6.45, 7) is 0. The Balaban J connectivity index is 1.68. The van der Waals surface area contributed by atoms with Crippen molar-refractivity contribution in [1.29, 1.82) is 0 Å². The quantitative estimate of drug-likeness (QED) is 0.608. The molecule has 0 fully saturated rings. The maximum absolute atomic E-state index is 11.2. The van der Waals surface area contributed by atoms with Crippen molar-refractivity contribution in [2.45, 2.75) is 4.90 Å². The minimum atomic E-state index is -3.68. The lowest BCUT2D eigenvalue weighted by atomic mass is 10.2. The molecule has 0 bridgehead atoms. The van der Waals surface area contributed by atoms with Crippen molar-refractivity contribution in [2.24, 2.45) is 5.14 Å². The van der Waals surface area contributed by atoms with E-state index in [4.69, 9.17) is 15.6 Å². The SMILES string of the molecule is Nc1cccc(Oc2ccc(Nc3ccc(S(N)(=O)=O)cc3)cc2)c1. The monoisotopic (exact) mass is 355 g/mol. The van der Waals surface area contributed by atoms with Gasteiger partial charge in [-0.2, -0.15) is 0 Å². The van der Waals surface area contributed by atoms with E-state index < -0.39 is 10.0 Å². The lowest BCUT2D eigenvalue weighted by molar-refractivity contribution is 0.483. The number of hydrogen-bond donors (Lipinski definition) is 3. The number of ether oxygens (including phenoxy) is 1. The molecule has 128 valence electrons. The number of anilines is 3. The van der Waals surface area contributed by atoms with E-state index in [1.54, 1.807) is 24.3 Å². The smallest absolute Gasteiger partial charge is 0.238 e. The van der Waals surface area contributed by atoms with E-state index >= 15 is 0 Å². The molecular weight excluding hydrogens is 338 g/mol. The molecule has 7 heteroatoms. The molecule has 6 nitrogen and oxygen atoms in total. The molecular formula is C18H17N3O3S. The second kappa shape index (κ2) is 6.84. The highest BCUT2D eigenvalue weighted by Crippen LogP contribution is 2.26. The van der Waals surface area contributed by atoms with Crippen LogP contribution in [0.15, 0.2) is 77.7 Å². The summed E-state index contributed by atoms with van der Waals surface area (Å²) in [5, 5.41) is 8.25. The summed E-state index contributed by atoms with van der Waals surface area (Å²) >= 11 is 0. The molecule has 0 unspecified atom stereocenters. The molecule has 0 aromatic heterocycles. The molecule has 0 radical (unpaired) electrons. The van der Waals surface area contributed by atoms with Crippen LogP contribution in [-0.2, 0) is 10.0 Å². The number of nitrogen functional groups attached to an aromatic ring is 1. The Hall–Kier alpha value is -3.03. The maximum atomic E-state index is 11.2. The molecule has 3 aromatic carbocycles. The van der Waals surface area contributed by atoms with E-state index in [1.807, 2.05) is 36.4 Å². The lowest BCUT2D eigenvalue weighted by Crippen LogP contribution is -2.11. The minimum Gasteiger partial charge on any atom is -0.457 e. The van der Waals surface area contributed by atoms with E-state index in [9.17, 15) is 8.42 Å². The Morgan fingerprint density at radius 3 is 1.96 bits per heavy atom. The number of benzene rings is 3. The van der Waals surface area contributed by atoms with E-state index in [2.05, 4.69) is 5.32 Å². The van der Waals surface area contributed by atoms with Crippen LogP contribution >= 0.6 is 0 Å². The predicted molar refractivity (Wildman–Crippen MR) is 98.5 cm³/mol. The van der Waals surface area contributed by atoms with Gasteiger partial charge in [0.1, 0.15) is 11.5 Å². The van der Waals surface area contributed by atoms with Crippen molar-refractivity contribution >= 4 is 27.1 Å². The fraction of sp³-hybridized carbons (Fsp3) is 0. The largest absolute Gasteiger partial charge is 0.457 e. The van der Waals surface area contributed by atoms with Crippen LogP contribution in [0.5, 0.6) is 11.5 Å². The Kier molecular flexibility index (Phi) is 4.60. The summed E-state index contributed by atoms with van der Waals surface area (Å²) in [4.78, 5) is 0.0731. The standard InChI is InChI=1S/C18H17N3O3S/c19-13-2-1-3-17(12-13)24-16-8-4-14(5-9-16)21-15-6-10-18(11-7-15)25(20,22)23/h1-12,21H,19H2,(H2,20,22,23). The molecule has 25 heavy (non-hydrogen) atoms. The maximum Gasteiger partial charge on any atom is 0.238 e. The van der Waals surface area contributed by atoms with Crippen LogP contribution in [0.4, 0.5) is 17.1 Å². The molecule has 0 saturated carbocycles. The van der Waals surface area contributed by atoms with Gasteiger partial charge in [-0.15, -0.1) is 0 Å². The molecule has 0 aliphatic heterocycles. The highest BCUT2D eigenvalue weighted by atomic mass is 32.2. The van der Waals surface area contributed by atoms with Gasteiger partial charge in [-0.05, 0) is 60.7 Å². The van der Waals surface area contributed by atoms with Crippen molar-refractivity contribution < 1.29 is 13.2 Å². The Bertz CT molecular complexity index is 969. The third-order valence-corrected chi connectivity index (χ3v) is 4.35. The van der Waals surface area contributed by atoms with Crippen LogP contribution < -0.4 is 20.9 Å². The van der Waals surface area contributed by atoms with Gasteiger partial charge in [0.15, 0.2) is 0 Å². The molecule has 5 N–H and O–H groups in total. The third kappa shape index (κ3) is 4.50. The van der Waals surface area contributed by atoms with Gasteiger partial charge in [0.2, 0.25) is 10.0 Å². The number of rotatable bonds is 5. The van der Waals surface area contributed by atoms with Crippen molar-refractivity contribution in [2.75, 3.05) is 11.1 Å². The number of sulfonamides is 1. The van der Waals surface area contributed by atoms with Gasteiger partial charge in [-0.3, -0.25) is 0 Å². The normalized spacial score (nSPS) is 11.1. The van der Waals surface area contributed by atoms with Crippen LogP contribution in [0, 0.1) is 0 Å². The second-order valence-electron chi connectivity index (χ2n) is 5.39. The average molecular weight is 355 g/mol. The van der Waals surface area contributed by atoms with Gasteiger partial charge in [0.05, 0.1) is 4.90 Å². The summed E-state index contributed by atoms with van der Waals surface area (Å²) in [6, 6.07) is 20.8. The summed E-state index contributed by atoms with van der Waals surface area (Å²) < 4.78 is 28.2. The van der Waals surface area contributed by atoms with Gasteiger partial charge in [0, 0.05) is 23.1 Å². The Morgan fingerprint density at radius 1 is 0.800 bits per heavy atom. The van der Waals surface area contributed by atoms with E-state index in [0.29, 0.717) is 17.2 Å². The van der Waals surface area contributed by atoms with Crippen LogP contribution in [0.3, 0.4) is 0 Å². The third-order valence-electron chi connectivity index (χ3n) is 3.42. The summed E-state index contributed by atoms with van der Waals surface area (Å²) in [6.07, 6.45) is 0. The first kappa shape index (κ1) is 16.8. The number of primary sulfonamides is 1. The van der Waals surface area contributed by atoms with Crippen molar-refractivity contribution in [3.05, 3.63) is 72.8 Å². The molecule has 0 amide bonds. The first-order chi connectivity index (χ1) is 11.9. The summed E-state index contributed by atoms with van der Waals surface area (Å²) in [5.74, 6) is 1.35. The minimum absolute atomic E-state index is 0.0731. The van der Waals surface area contributed by atoms with Gasteiger partial charge in [0.25, 0.3) is 0 Å². The highest BCUT2D eigenvalue weighted by Gasteiger charge is 2.06. The number of hydrogen-bond acceptors (Lipinski definition) is 5. The zero-order valence-corrected chi connectivity index (χ0v) is 14.0. The van der Waals surface area contributed by atoms with Gasteiger partial charge >= 0.3 is 0 Å². The van der Waals surface area contributed by atoms with Crippen LogP contribution in [0.2, 0.25) is 0 Å². The van der Waals surface area contributed by atoms with Crippen LogP contribution in [-0.4, -0.2) is 8.42 Å². The second-order valence-corrected chi connectivity index (χ2v) is 6.95. The summed E-state index contributed by atoms with van der Waals surface area (Å²) in [5.41, 5.74) is 7.95. The van der Waals surface area contributed by atoms with E-state index in [1.165, 1.54) is 12.1 Å². The molecule has 0 heterocycles. The van der Waals surface area contributed by atoms with Crippen molar-refractivity contribution in [3.8, 4) is 11.5 Å². The van der Waals surface area contributed by atoms with Crippen LogP contribution in [0.1, 0.15) is 0 Å². The first-order valence-corrected chi connectivity index (χ1v) is 8.98. The van der Waals surface area contributed by atoms with Gasteiger partial charge < -0.3 is 15.8 Å². The first-order valence-electron chi connectivity index (χ1n) is 7.43. The zero-order chi connectivity index (χ0) is 17.9. The lowest BCUT2D eigenvalue weighted by Gasteiger charge is -2.09. The molecule has 0 aliphatic carbocycles. The molecule has 3 rings (SSSR count). The Morgan fingerprint density at radius 2 is 1.40 bits per heavy atom. The van der Waals surface area contributed by atoms with Gasteiger partial charge in [-0.1, -0.05) is 6.07 Å². The Labute approximate surface area is 146 Å². The molecule has 3 aromatic rings. The van der Waals surface area contributed by atoms with E-state index in [-0.39, 0.29) is 4.90 Å². The summed E-state index contributed by atoms with van der Waals surface area (Å²) in [7, 11) is -3.68. The topological polar surface area (TPSA) is 107 Å². The van der Waals surface area contributed by atoms with Crippen molar-refractivity contribution in [3.63, 3.8) is 0 Å². The average Bonchev–Trinajstić information content (AvgIpc) is 2.56. The fourth-order valence-electron chi connectivity index (χ4n) is 2.22.